The molecule has 0 aromatic carbocycles. The third-order valence-corrected chi connectivity index (χ3v) is 3.69. The van der Waals surface area contributed by atoms with Gasteiger partial charge in [0.15, 0.2) is 0 Å². The molecule has 0 radical (unpaired) electrons. The van der Waals surface area contributed by atoms with Gasteiger partial charge >= 0.3 is 5.91 Å². The second-order valence-corrected chi connectivity index (χ2v) is 5.00. The molecule has 0 saturated carbocycles. The molecule has 106 valence electrons. The van der Waals surface area contributed by atoms with E-state index in [1.165, 1.54) is 0 Å². The molecule has 0 bridgehead atoms. The summed E-state index contributed by atoms with van der Waals surface area (Å²) in [7, 11) is 1.77. The van der Waals surface area contributed by atoms with Crippen molar-refractivity contribution in [1.82, 2.24) is 14.8 Å². The van der Waals surface area contributed by atoms with Crippen LogP contribution < -0.4 is 0 Å². The summed E-state index contributed by atoms with van der Waals surface area (Å²) in [5.41, 5.74) is 0.814. The van der Waals surface area contributed by atoms with Crippen LogP contribution in [0.5, 0.6) is 0 Å². The number of hydrogen-bond donors (Lipinski definition) is 1. The van der Waals surface area contributed by atoms with Gasteiger partial charge in [0.05, 0.1) is 18.8 Å². The Labute approximate surface area is 113 Å². The third-order valence-electron chi connectivity index (χ3n) is 3.69. The van der Waals surface area contributed by atoms with Gasteiger partial charge in [-0.15, -0.1) is 0 Å². The van der Waals surface area contributed by atoms with Crippen molar-refractivity contribution in [3.05, 3.63) is 17.3 Å². The Kier molecular flexibility index (Phi) is 4.21. The van der Waals surface area contributed by atoms with Gasteiger partial charge in [0, 0.05) is 26.2 Å². The predicted molar refractivity (Wildman–Crippen MR) is 69.5 cm³/mol. The summed E-state index contributed by atoms with van der Waals surface area (Å²) in [4.78, 5) is 20.1. The molecular weight excluding hydrogens is 246 g/mol. The first-order valence-electron chi connectivity index (χ1n) is 6.65. The van der Waals surface area contributed by atoms with E-state index in [4.69, 9.17) is 9.52 Å². The Morgan fingerprint density at radius 2 is 2.32 bits per heavy atom. The van der Waals surface area contributed by atoms with Crippen LogP contribution in [0.25, 0.3) is 0 Å². The fraction of sp³-hybridized carbons (Fsp3) is 0.692. The van der Waals surface area contributed by atoms with Gasteiger partial charge in [0.1, 0.15) is 5.76 Å². The van der Waals surface area contributed by atoms with Crippen molar-refractivity contribution in [2.45, 2.75) is 39.4 Å². The molecule has 0 fully saturated rings. The van der Waals surface area contributed by atoms with E-state index in [9.17, 15) is 4.79 Å². The molecule has 1 atom stereocenters. The van der Waals surface area contributed by atoms with Crippen LogP contribution >= 0.6 is 0 Å². The number of amides is 1. The van der Waals surface area contributed by atoms with Gasteiger partial charge in [-0.05, 0) is 13.3 Å². The average molecular weight is 267 g/mol. The van der Waals surface area contributed by atoms with Gasteiger partial charge in [-0.1, -0.05) is 6.92 Å². The van der Waals surface area contributed by atoms with E-state index >= 15 is 0 Å². The quantitative estimate of drug-likeness (QED) is 0.856. The van der Waals surface area contributed by atoms with Crippen LogP contribution in [-0.4, -0.2) is 52.0 Å². The Morgan fingerprint density at radius 1 is 1.58 bits per heavy atom. The van der Waals surface area contributed by atoms with Crippen molar-refractivity contribution in [1.29, 1.82) is 0 Å². The molecule has 2 rings (SSSR count). The molecule has 0 spiro atoms. The standard InChI is InChI=1S/C13H21N3O3/c1-4-9(2)15(3)13(18)12-14-10-7-16(5-6-17)8-11(10)19-12/h9,17H,4-8H2,1-3H3/t9-/m0/s1. The van der Waals surface area contributed by atoms with Crippen LogP contribution in [0.1, 0.15) is 42.4 Å². The van der Waals surface area contributed by atoms with Crippen molar-refractivity contribution in [3.8, 4) is 0 Å². The highest BCUT2D eigenvalue weighted by atomic mass is 16.4. The van der Waals surface area contributed by atoms with Crippen molar-refractivity contribution in [2.24, 2.45) is 0 Å². The van der Waals surface area contributed by atoms with Gasteiger partial charge in [-0.2, -0.15) is 0 Å². The largest absolute Gasteiger partial charge is 0.436 e. The maximum absolute atomic E-state index is 12.2. The number of hydrogen-bond acceptors (Lipinski definition) is 5. The molecule has 0 unspecified atom stereocenters. The summed E-state index contributed by atoms with van der Waals surface area (Å²) < 4.78 is 5.55. The van der Waals surface area contributed by atoms with Gasteiger partial charge in [0.2, 0.25) is 0 Å². The summed E-state index contributed by atoms with van der Waals surface area (Å²) >= 11 is 0. The lowest BCUT2D eigenvalue weighted by atomic mass is 10.2. The minimum atomic E-state index is -0.169. The number of β-amino-alcohol motifs (C(OH)–C–C–N with tert-alkyl or cyclic N) is 1. The molecule has 1 aromatic rings. The third kappa shape index (κ3) is 2.79. The molecule has 1 aliphatic heterocycles. The van der Waals surface area contributed by atoms with E-state index in [-0.39, 0.29) is 24.4 Å². The number of carbonyl (C=O) groups is 1. The van der Waals surface area contributed by atoms with Crippen LogP contribution in [0, 0.1) is 0 Å². The van der Waals surface area contributed by atoms with E-state index in [1.54, 1.807) is 11.9 Å². The number of carbonyl (C=O) groups excluding carboxylic acids is 1. The second kappa shape index (κ2) is 5.71. The van der Waals surface area contributed by atoms with E-state index in [1.807, 2.05) is 18.7 Å². The molecule has 19 heavy (non-hydrogen) atoms. The van der Waals surface area contributed by atoms with Gasteiger partial charge in [-0.3, -0.25) is 9.69 Å². The summed E-state index contributed by atoms with van der Waals surface area (Å²) in [6.07, 6.45) is 0.896. The first-order valence-corrected chi connectivity index (χ1v) is 6.65. The summed E-state index contributed by atoms with van der Waals surface area (Å²) in [6, 6.07) is 0.167. The maximum atomic E-state index is 12.2. The smallest absolute Gasteiger partial charge is 0.309 e. The fourth-order valence-electron chi connectivity index (χ4n) is 2.12. The molecule has 1 aromatic heterocycles. The second-order valence-electron chi connectivity index (χ2n) is 5.00. The molecule has 2 heterocycles. The molecule has 6 heteroatoms. The van der Waals surface area contributed by atoms with Crippen LogP contribution in [-0.2, 0) is 13.1 Å². The number of fused-ring (bicyclic) bond motifs is 1. The molecular formula is C13H21N3O3. The Bertz CT molecular complexity index is 434. The molecule has 0 aliphatic carbocycles. The minimum absolute atomic E-state index is 0.118. The Hall–Kier alpha value is -1.40. The highest BCUT2D eigenvalue weighted by Gasteiger charge is 2.29. The van der Waals surface area contributed by atoms with E-state index < -0.39 is 0 Å². The van der Waals surface area contributed by atoms with Crippen LogP contribution in [0.3, 0.4) is 0 Å². The van der Waals surface area contributed by atoms with Crippen molar-refractivity contribution < 1.29 is 14.3 Å². The van der Waals surface area contributed by atoms with Gasteiger partial charge < -0.3 is 14.4 Å². The monoisotopic (exact) mass is 267 g/mol. The van der Waals surface area contributed by atoms with Crippen molar-refractivity contribution in [3.63, 3.8) is 0 Å². The minimum Gasteiger partial charge on any atom is -0.436 e. The molecule has 1 amide bonds. The normalized spacial score (nSPS) is 16.4. The highest BCUT2D eigenvalue weighted by molar-refractivity contribution is 5.89. The first kappa shape index (κ1) is 14.0. The Balaban J connectivity index is 2.06. The summed E-state index contributed by atoms with van der Waals surface area (Å²) in [6.45, 7) is 6.01. The van der Waals surface area contributed by atoms with Crippen molar-refractivity contribution >= 4 is 5.91 Å². The summed E-state index contributed by atoms with van der Waals surface area (Å²) in [5, 5.41) is 8.89. The molecule has 1 N–H and O–H groups in total. The molecule has 6 nitrogen and oxygen atoms in total. The number of nitrogens with zero attached hydrogens (tertiary/aromatic N) is 3. The maximum Gasteiger partial charge on any atom is 0.309 e. The highest BCUT2D eigenvalue weighted by Crippen LogP contribution is 2.23. The lowest BCUT2D eigenvalue weighted by molar-refractivity contribution is 0.0695. The number of rotatable bonds is 5. The summed E-state index contributed by atoms with van der Waals surface area (Å²) in [5.74, 6) is 0.753. The van der Waals surface area contributed by atoms with Crippen LogP contribution in [0.2, 0.25) is 0 Å². The predicted octanol–water partition coefficient (Wildman–Crippen LogP) is 0.853. The van der Waals surface area contributed by atoms with Gasteiger partial charge in [0.25, 0.3) is 5.89 Å². The number of aliphatic hydroxyl groups is 1. The van der Waals surface area contributed by atoms with E-state index in [2.05, 4.69) is 4.98 Å². The van der Waals surface area contributed by atoms with Gasteiger partial charge in [-0.25, -0.2) is 4.98 Å². The first-order chi connectivity index (χ1) is 9.06. The van der Waals surface area contributed by atoms with Crippen LogP contribution in [0.15, 0.2) is 4.42 Å². The molecule has 1 aliphatic rings. The lowest BCUT2D eigenvalue weighted by Gasteiger charge is -2.22. The van der Waals surface area contributed by atoms with Crippen molar-refractivity contribution in [2.75, 3.05) is 20.2 Å². The topological polar surface area (TPSA) is 69.8 Å². The number of aromatic nitrogens is 1. The number of oxazole rings is 1. The lowest BCUT2D eigenvalue weighted by Crippen LogP contribution is -2.34. The average Bonchev–Trinajstić information content (AvgIpc) is 2.94. The SMILES string of the molecule is CC[C@H](C)N(C)C(=O)c1nc2c(o1)CN(CCO)C2. The zero-order chi connectivity index (χ0) is 14.0. The van der Waals surface area contributed by atoms with E-state index in [0.717, 1.165) is 17.9 Å². The molecule has 0 saturated heterocycles. The fourth-order valence-corrected chi connectivity index (χ4v) is 2.12. The van der Waals surface area contributed by atoms with Crippen LogP contribution in [0.4, 0.5) is 0 Å². The Morgan fingerprint density at radius 3 is 2.89 bits per heavy atom. The zero-order valence-electron chi connectivity index (χ0n) is 11.7. The van der Waals surface area contributed by atoms with E-state index in [0.29, 0.717) is 19.6 Å². The zero-order valence-corrected chi connectivity index (χ0v) is 11.7. The number of aliphatic hydroxyl groups excluding tert-OH is 1.